The van der Waals surface area contributed by atoms with Crippen LogP contribution in [-0.4, -0.2) is 37.9 Å². The first kappa shape index (κ1) is 14.3. The fourth-order valence-corrected chi connectivity index (χ4v) is 3.67. The summed E-state index contributed by atoms with van der Waals surface area (Å²) in [5.41, 5.74) is 1.50. The van der Waals surface area contributed by atoms with Crippen LogP contribution in [-0.2, 0) is 15.2 Å². The Labute approximate surface area is 119 Å². The molecular weight excluding hydrogens is 336 g/mol. The number of nitrogens with zero attached hydrogens (tertiary/aromatic N) is 2. The maximum Gasteiger partial charge on any atom is 0.273 e. The van der Waals surface area contributed by atoms with Crippen molar-refractivity contribution in [3.63, 3.8) is 0 Å². The fraction of sp³-hybridized carbons (Fsp3) is 0.455. The molecule has 0 N–H and O–H groups in total. The van der Waals surface area contributed by atoms with Gasteiger partial charge < -0.3 is 4.90 Å². The molecule has 8 heteroatoms. The van der Waals surface area contributed by atoms with Crippen LogP contribution < -0.4 is 4.90 Å². The van der Waals surface area contributed by atoms with Crippen molar-refractivity contribution in [3.05, 3.63) is 33.9 Å². The molecular formula is C11H13BrN2O4S. The largest absolute Gasteiger partial charge is 0.369 e. The molecule has 1 aliphatic heterocycles. The quantitative estimate of drug-likeness (QED) is 0.472. The van der Waals surface area contributed by atoms with Crippen LogP contribution in [0.25, 0.3) is 0 Å². The van der Waals surface area contributed by atoms with Gasteiger partial charge in [0.1, 0.15) is 0 Å². The zero-order valence-electron chi connectivity index (χ0n) is 10.1. The third-order valence-electron chi connectivity index (χ3n) is 3.11. The molecule has 0 atom stereocenters. The molecule has 1 aromatic rings. The van der Waals surface area contributed by atoms with Crippen molar-refractivity contribution < 1.29 is 13.3 Å². The Balaban J connectivity index is 2.25. The highest BCUT2D eigenvalue weighted by Gasteiger charge is 2.23. The number of hydrogen-bond acceptors (Lipinski definition) is 5. The maximum atomic E-state index is 11.4. The number of rotatable bonds is 3. The van der Waals surface area contributed by atoms with E-state index in [4.69, 9.17) is 0 Å². The van der Waals surface area contributed by atoms with Gasteiger partial charge in [-0.1, -0.05) is 15.9 Å². The van der Waals surface area contributed by atoms with Gasteiger partial charge >= 0.3 is 0 Å². The van der Waals surface area contributed by atoms with Crippen LogP contribution in [0, 0.1) is 10.1 Å². The molecule has 1 fully saturated rings. The number of anilines is 1. The second kappa shape index (κ2) is 5.46. The van der Waals surface area contributed by atoms with Crippen molar-refractivity contribution in [1.82, 2.24) is 0 Å². The molecule has 0 aromatic heterocycles. The summed E-state index contributed by atoms with van der Waals surface area (Å²) >= 11 is 3.23. The highest BCUT2D eigenvalue weighted by atomic mass is 79.9. The minimum absolute atomic E-state index is 0.0743. The maximum absolute atomic E-state index is 11.4. The lowest BCUT2D eigenvalue weighted by Gasteiger charge is -2.28. The van der Waals surface area contributed by atoms with Gasteiger partial charge in [-0.15, -0.1) is 0 Å². The predicted molar refractivity (Wildman–Crippen MR) is 76.6 cm³/mol. The standard InChI is InChI=1S/C11H13BrN2O4S/c12-8-9-7-10(1-2-11(9)14(15)16)13-3-5-19(17,18)6-4-13/h1-2,7H,3-6,8H2. The summed E-state index contributed by atoms with van der Waals surface area (Å²) < 4.78 is 22.7. The second-order valence-corrected chi connectivity index (χ2v) is 7.21. The zero-order chi connectivity index (χ0) is 14.0. The van der Waals surface area contributed by atoms with Crippen molar-refractivity contribution >= 4 is 37.1 Å². The first-order chi connectivity index (χ1) is 8.93. The topological polar surface area (TPSA) is 80.5 Å². The molecule has 19 heavy (non-hydrogen) atoms. The summed E-state index contributed by atoms with van der Waals surface area (Å²) in [6.07, 6.45) is 0. The number of halogens is 1. The van der Waals surface area contributed by atoms with E-state index in [9.17, 15) is 18.5 Å². The van der Waals surface area contributed by atoms with E-state index in [-0.39, 0.29) is 17.2 Å². The molecule has 1 aromatic carbocycles. The minimum atomic E-state index is -2.92. The summed E-state index contributed by atoms with van der Waals surface area (Å²) in [5.74, 6) is 0.265. The molecule has 0 unspecified atom stereocenters. The molecule has 0 spiro atoms. The van der Waals surface area contributed by atoms with Gasteiger partial charge in [0.15, 0.2) is 9.84 Å². The highest BCUT2D eigenvalue weighted by molar-refractivity contribution is 9.08. The summed E-state index contributed by atoms with van der Waals surface area (Å²) in [6.45, 7) is 0.865. The van der Waals surface area contributed by atoms with Gasteiger partial charge in [0.2, 0.25) is 0 Å². The predicted octanol–water partition coefficient (Wildman–Crippen LogP) is 1.72. The van der Waals surface area contributed by atoms with Gasteiger partial charge in [-0.05, 0) is 12.1 Å². The van der Waals surface area contributed by atoms with Gasteiger partial charge in [0.25, 0.3) is 5.69 Å². The summed E-state index contributed by atoms with van der Waals surface area (Å²) in [4.78, 5) is 12.4. The van der Waals surface area contributed by atoms with Crippen molar-refractivity contribution in [3.8, 4) is 0 Å². The Hall–Kier alpha value is -1.15. The van der Waals surface area contributed by atoms with Crippen LogP contribution in [0.1, 0.15) is 5.56 Å². The van der Waals surface area contributed by atoms with E-state index in [2.05, 4.69) is 15.9 Å². The molecule has 104 valence electrons. The lowest BCUT2D eigenvalue weighted by Crippen LogP contribution is -2.40. The van der Waals surface area contributed by atoms with E-state index >= 15 is 0 Å². The zero-order valence-corrected chi connectivity index (χ0v) is 12.5. The van der Waals surface area contributed by atoms with Crippen molar-refractivity contribution in [2.45, 2.75) is 5.33 Å². The van der Waals surface area contributed by atoms with Gasteiger partial charge in [0.05, 0.1) is 16.4 Å². The van der Waals surface area contributed by atoms with Gasteiger partial charge in [-0.25, -0.2) is 8.42 Å². The Morgan fingerprint density at radius 1 is 1.32 bits per heavy atom. The third-order valence-corrected chi connectivity index (χ3v) is 5.33. The SMILES string of the molecule is O=[N+]([O-])c1ccc(N2CCS(=O)(=O)CC2)cc1CBr. The molecule has 0 saturated carbocycles. The van der Waals surface area contributed by atoms with Crippen molar-refractivity contribution in [2.75, 3.05) is 29.5 Å². The second-order valence-electron chi connectivity index (χ2n) is 4.34. The molecule has 6 nitrogen and oxygen atoms in total. The number of hydrogen-bond donors (Lipinski definition) is 0. The number of nitro groups is 1. The van der Waals surface area contributed by atoms with E-state index < -0.39 is 14.8 Å². The molecule has 0 bridgehead atoms. The van der Waals surface area contributed by atoms with Crippen LogP contribution in [0.4, 0.5) is 11.4 Å². The lowest BCUT2D eigenvalue weighted by molar-refractivity contribution is -0.385. The minimum Gasteiger partial charge on any atom is -0.369 e. The molecule has 1 saturated heterocycles. The number of nitro benzene ring substituents is 1. The van der Waals surface area contributed by atoms with E-state index in [0.29, 0.717) is 24.0 Å². The van der Waals surface area contributed by atoms with E-state index in [1.807, 2.05) is 4.90 Å². The summed E-state index contributed by atoms with van der Waals surface area (Å²) in [5, 5.41) is 11.2. The van der Waals surface area contributed by atoms with Crippen LogP contribution >= 0.6 is 15.9 Å². The molecule has 1 heterocycles. The smallest absolute Gasteiger partial charge is 0.273 e. The Kier molecular flexibility index (Phi) is 4.10. The summed E-state index contributed by atoms with van der Waals surface area (Å²) in [7, 11) is -2.92. The fourth-order valence-electron chi connectivity index (χ4n) is 2.02. The summed E-state index contributed by atoms with van der Waals surface area (Å²) in [6, 6.07) is 4.88. The van der Waals surface area contributed by atoms with Gasteiger partial charge in [-0.3, -0.25) is 10.1 Å². The number of benzene rings is 1. The van der Waals surface area contributed by atoms with E-state index in [1.165, 1.54) is 6.07 Å². The molecule has 1 aliphatic rings. The van der Waals surface area contributed by atoms with Crippen LogP contribution in [0.15, 0.2) is 18.2 Å². The average molecular weight is 349 g/mol. The van der Waals surface area contributed by atoms with Crippen LogP contribution in [0.3, 0.4) is 0 Å². The monoisotopic (exact) mass is 348 g/mol. The number of sulfone groups is 1. The van der Waals surface area contributed by atoms with Gasteiger partial charge in [-0.2, -0.15) is 0 Å². The van der Waals surface area contributed by atoms with E-state index in [0.717, 1.165) is 5.69 Å². The first-order valence-corrected chi connectivity index (χ1v) is 8.66. The highest BCUT2D eigenvalue weighted by Crippen LogP contribution is 2.27. The molecule has 2 rings (SSSR count). The lowest BCUT2D eigenvalue weighted by atomic mass is 10.1. The first-order valence-electron chi connectivity index (χ1n) is 5.71. The normalized spacial score (nSPS) is 18.3. The van der Waals surface area contributed by atoms with Crippen molar-refractivity contribution in [1.29, 1.82) is 0 Å². The number of alkyl halides is 1. The Morgan fingerprint density at radius 3 is 2.47 bits per heavy atom. The molecule has 0 amide bonds. The van der Waals surface area contributed by atoms with Crippen molar-refractivity contribution in [2.24, 2.45) is 0 Å². The van der Waals surface area contributed by atoms with Crippen LogP contribution in [0.2, 0.25) is 0 Å². The van der Waals surface area contributed by atoms with E-state index in [1.54, 1.807) is 12.1 Å². The Morgan fingerprint density at radius 2 is 1.95 bits per heavy atom. The average Bonchev–Trinajstić information content (AvgIpc) is 2.37. The molecule has 0 aliphatic carbocycles. The van der Waals surface area contributed by atoms with Crippen LogP contribution in [0.5, 0.6) is 0 Å². The molecule has 0 radical (unpaired) electrons. The van der Waals surface area contributed by atoms with Gasteiger partial charge in [0, 0.05) is 35.7 Å². The Bertz CT molecular complexity index is 589. The third kappa shape index (κ3) is 3.24.